The Kier molecular flexibility index (Phi) is 14.0. The van der Waals surface area contributed by atoms with Gasteiger partial charge in [0.2, 0.25) is 0 Å². The van der Waals surface area contributed by atoms with Gasteiger partial charge in [0.05, 0.1) is 6.54 Å². The van der Waals surface area contributed by atoms with Crippen molar-refractivity contribution in [2.75, 3.05) is 33.2 Å². The summed E-state index contributed by atoms with van der Waals surface area (Å²) in [5, 5.41) is 9.02. The molecule has 0 heterocycles. The van der Waals surface area contributed by atoms with Crippen LogP contribution in [0.5, 0.6) is 0 Å². The van der Waals surface area contributed by atoms with Crippen LogP contribution in [0.3, 0.4) is 0 Å². The molecule has 0 aliphatic carbocycles. The van der Waals surface area contributed by atoms with Crippen LogP contribution in [0.2, 0.25) is 0 Å². The van der Waals surface area contributed by atoms with Crippen LogP contribution in [-0.2, 0) is 4.57 Å². The first-order valence-corrected chi connectivity index (χ1v) is 11.6. The molecule has 29 heavy (non-hydrogen) atoms. The number of hydrogen-bond acceptors (Lipinski definition) is 5. The minimum Gasteiger partial charge on any atom is -0.390 e. The van der Waals surface area contributed by atoms with E-state index in [0.717, 1.165) is 18.5 Å². The molecule has 166 valence electrons. The molecule has 4 atom stereocenters. The van der Waals surface area contributed by atoms with Gasteiger partial charge in [0, 0.05) is 37.7 Å². The van der Waals surface area contributed by atoms with E-state index in [2.05, 4.69) is 56.5 Å². The number of nitrogens with zero attached hydrogens (tertiary/aromatic N) is 1. The van der Waals surface area contributed by atoms with Crippen molar-refractivity contribution in [1.82, 2.24) is 20.6 Å². The summed E-state index contributed by atoms with van der Waals surface area (Å²) in [6, 6.07) is 0.182. The van der Waals surface area contributed by atoms with Crippen molar-refractivity contribution in [3.05, 3.63) is 49.7 Å². The molecule has 0 saturated carbocycles. The fourth-order valence-corrected chi connectivity index (χ4v) is 4.37. The summed E-state index contributed by atoms with van der Waals surface area (Å²) in [6.07, 6.45) is 7.74. The largest absolute Gasteiger partial charge is 0.461 e. The lowest BCUT2D eigenvalue weighted by molar-refractivity contribution is 0.351. The minimum absolute atomic E-state index is 0.0169. The molecule has 0 radical (unpaired) electrons. The molecule has 6 nitrogen and oxygen atoms in total. The van der Waals surface area contributed by atoms with Crippen molar-refractivity contribution in [2.24, 2.45) is 11.7 Å². The second-order valence-corrected chi connectivity index (χ2v) is 9.88. The highest BCUT2D eigenvalue weighted by Crippen LogP contribution is 2.44. The van der Waals surface area contributed by atoms with E-state index in [0.29, 0.717) is 25.6 Å². The van der Waals surface area contributed by atoms with Gasteiger partial charge in [-0.05, 0) is 43.6 Å². The van der Waals surface area contributed by atoms with Gasteiger partial charge in [-0.15, -0.1) is 0 Å². The molecule has 0 rings (SSSR count). The molecule has 5 N–H and O–H groups in total. The molecule has 0 aliphatic heterocycles. The van der Waals surface area contributed by atoms with E-state index < -0.39 is 13.2 Å². The lowest BCUT2D eigenvalue weighted by atomic mass is 10.1. The SMILES string of the molecule is C=C/C=C\C(=C)C(C)(NC)[P+](=O)N(CCNC=C)CCC(N)C(C)NCC(C)C. The van der Waals surface area contributed by atoms with Crippen LogP contribution in [0.25, 0.3) is 0 Å². The number of nitrogens with two attached hydrogens (primary N) is 1. The van der Waals surface area contributed by atoms with Crippen LogP contribution in [-0.4, -0.2) is 55.3 Å². The molecular weight excluding hydrogens is 381 g/mol. The summed E-state index contributed by atoms with van der Waals surface area (Å²) in [4.78, 5) is 0. The van der Waals surface area contributed by atoms with Crippen molar-refractivity contribution in [3.8, 4) is 0 Å². The summed E-state index contributed by atoms with van der Waals surface area (Å²) < 4.78 is 15.6. The normalized spacial score (nSPS) is 16.5. The average Bonchev–Trinajstić information content (AvgIpc) is 2.70. The topological polar surface area (TPSA) is 82.4 Å². The van der Waals surface area contributed by atoms with E-state index in [-0.39, 0.29) is 12.1 Å². The molecule has 7 heteroatoms. The van der Waals surface area contributed by atoms with Gasteiger partial charge in [-0.2, -0.15) is 0 Å². The minimum atomic E-state index is -1.79. The van der Waals surface area contributed by atoms with Gasteiger partial charge in [-0.3, -0.25) is 5.32 Å². The fraction of sp³-hybridized carbons (Fsp3) is 0.636. The highest BCUT2D eigenvalue weighted by molar-refractivity contribution is 7.44. The predicted octanol–water partition coefficient (Wildman–Crippen LogP) is 3.35. The van der Waals surface area contributed by atoms with E-state index in [1.54, 1.807) is 12.3 Å². The summed E-state index contributed by atoms with van der Waals surface area (Å²) in [5.74, 6) is 0.576. The monoisotopic (exact) mass is 424 g/mol. The first-order chi connectivity index (χ1) is 13.6. The third kappa shape index (κ3) is 9.83. The van der Waals surface area contributed by atoms with Crippen molar-refractivity contribution in [2.45, 2.75) is 51.5 Å². The molecule has 0 spiro atoms. The summed E-state index contributed by atoms with van der Waals surface area (Å²) in [5.41, 5.74) is 7.15. The molecule has 0 aromatic carbocycles. The van der Waals surface area contributed by atoms with Crippen LogP contribution in [0, 0.1) is 5.92 Å². The van der Waals surface area contributed by atoms with Gasteiger partial charge in [-0.1, -0.05) is 56.5 Å². The van der Waals surface area contributed by atoms with Crippen LogP contribution < -0.4 is 21.7 Å². The molecule has 0 saturated heterocycles. The Morgan fingerprint density at radius 1 is 1.28 bits per heavy atom. The Bertz CT molecular complexity index is 563. The third-order valence-electron chi connectivity index (χ3n) is 5.05. The maximum absolute atomic E-state index is 13.6. The molecule has 0 amide bonds. The number of hydrogen-bond donors (Lipinski definition) is 4. The highest BCUT2D eigenvalue weighted by Gasteiger charge is 2.49. The summed E-state index contributed by atoms with van der Waals surface area (Å²) in [7, 11) is 0.0161. The Hall–Kier alpha value is -1.30. The van der Waals surface area contributed by atoms with Gasteiger partial charge in [0.15, 0.2) is 0 Å². The van der Waals surface area contributed by atoms with E-state index >= 15 is 0 Å². The Morgan fingerprint density at radius 2 is 1.93 bits per heavy atom. The average molecular weight is 425 g/mol. The van der Waals surface area contributed by atoms with Crippen molar-refractivity contribution in [3.63, 3.8) is 0 Å². The van der Waals surface area contributed by atoms with Crippen LogP contribution in [0.15, 0.2) is 49.7 Å². The van der Waals surface area contributed by atoms with Crippen LogP contribution >= 0.6 is 7.95 Å². The molecule has 0 aromatic heterocycles. The zero-order valence-corrected chi connectivity index (χ0v) is 20.0. The quantitative estimate of drug-likeness (QED) is 0.163. The maximum Gasteiger partial charge on any atom is 0.461 e. The second kappa shape index (κ2) is 14.6. The summed E-state index contributed by atoms with van der Waals surface area (Å²) in [6.45, 7) is 22.7. The maximum atomic E-state index is 13.6. The molecular formula is C22H43N5OP+. The molecule has 0 aliphatic rings. The smallest absolute Gasteiger partial charge is 0.390 e. The van der Waals surface area contributed by atoms with Gasteiger partial charge in [-0.25, -0.2) is 0 Å². The van der Waals surface area contributed by atoms with E-state index in [9.17, 15) is 4.57 Å². The van der Waals surface area contributed by atoms with E-state index in [1.165, 1.54) is 0 Å². The predicted molar refractivity (Wildman–Crippen MR) is 128 cm³/mol. The van der Waals surface area contributed by atoms with Crippen molar-refractivity contribution in [1.29, 1.82) is 0 Å². The number of allylic oxidation sites excluding steroid dienone is 2. The third-order valence-corrected chi connectivity index (χ3v) is 7.24. The first kappa shape index (κ1) is 27.7. The van der Waals surface area contributed by atoms with Gasteiger partial charge >= 0.3 is 7.95 Å². The number of likely N-dealkylation sites (N-methyl/N-ethyl adjacent to an activating group) is 1. The van der Waals surface area contributed by atoms with Gasteiger partial charge in [0.1, 0.15) is 0 Å². The Balaban J connectivity index is 5.24. The Morgan fingerprint density at radius 3 is 2.45 bits per heavy atom. The van der Waals surface area contributed by atoms with E-state index in [1.807, 2.05) is 30.8 Å². The van der Waals surface area contributed by atoms with Gasteiger partial charge < -0.3 is 16.4 Å². The van der Waals surface area contributed by atoms with E-state index in [4.69, 9.17) is 5.73 Å². The first-order valence-electron chi connectivity index (χ1n) is 10.4. The molecule has 4 unspecified atom stereocenters. The van der Waals surface area contributed by atoms with Crippen molar-refractivity contribution >= 4 is 7.95 Å². The van der Waals surface area contributed by atoms with Crippen molar-refractivity contribution < 1.29 is 4.57 Å². The molecule has 0 fully saturated rings. The fourth-order valence-electron chi connectivity index (χ4n) is 2.72. The Labute approximate surface area is 179 Å². The second-order valence-electron chi connectivity index (χ2n) is 7.87. The zero-order valence-electron chi connectivity index (χ0n) is 19.1. The zero-order chi connectivity index (χ0) is 22.4. The molecule has 0 aromatic rings. The number of nitrogens with one attached hydrogen (secondary N) is 3. The lowest BCUT2D eigenvalue weighted by Crippen LogP contribution is -2.47. The standard InChI is InChI=1S/C22H43N5OP/c1-9-11-12-19(5)22(7,24-8)29(28)27(16-14-25-10-2)15-13-21(23)20(6)26-17-18(3)4/h9-12,18,20-21,24-26H,1-2,5,13-17,23H2,3-4,6-8H3/q+1/b12-11-. The molecule has 0 bridgehead atoms. The highest BCUT2D eigenvalue weighted by atomic mass is 31.1. The lowest BCUT2D eigenvalue weighted by Gasteiger charge is -2.26. The number of rotatable bonds is 17. The van der Waals surface area contributed by atoms with Gasteiger partial charge in [0.25, 0.3) is 5.28 Å². The van der Waals surface area contributed by atoms with Crippen LogP contribution in [0.1, 0.15) is 34.1 Å². The van der Waals surface area contributed by atoms with Crippen LogP contribution in [0.4, 0.5) is 0 Å². The summed E-state index contributed by atoms with van der Waals surface area (Å²) >= 11 is 0.